The summed E-state index contributed by atoms with van der Waals surface area (Å²) in [6, 6.07) is 4.47. The third-order valence-corrected chi connectivity index (χ3v) is 4.99. The smallest absolute Gasteiger partial charge is 0.305 e. The fourth-order valence-electron chi connectivity index (χ4n) is 3.20. The number of hydrogen-bond acceptors (Lipinski definition) is 6. The van der Waals surface area contributed by atoms with Gasteiger partial charge in [0.1, 0.15) is 0 Å². The second kappa shape index (κ2) is 9.34. The summed E-state index contributed by atoms with van der Waals surface area (Å²) in [5, 5.41) is 11.2. The molecule has 1 aromatic rings. The van der Waals surface area contributed by atoms with Gasteiger partial charge in [0, 0.05) is 45.2 Å². The van der Waals surface area contributed by atoms with Crippen LogP contribution in [0, 0.1) is 16.0 Å². The number of hydrogen-bond donors (Lipinski definition) is 0. The van der Waals surface area contributed by atoms with Gasteiger partial charge in [0.2, 0.25) is 0 Å². The van der Waals surface area contributed by atoms with Crippen molar-refractivity contribution in [2.24, 2.45) is 5.92 Å². The summed E-state index contributed by atoms with van der Waals surface area (Å²) >= 11 is 0. The van der Waals surface area contributed by atoms with E-state index < -0.39 is 4.92 Å². The molecule has 0 atom stereocenters. The standard InChI is InChI=1S/C19H27N3O5/c1-14-8-11-21(12-9-14)17-7-6-15(22(25)26)13-16(17)19(24)20(2)10-4-5-18(23)27-3/h6-7,13-14H,4-5,8-12H2,1-3H3. The molecule has 27 heavy (non-hydrogen) atoms. The van der Waals surface area contributed by atoms with Crippen LogP contribution in [-0.4, -0.2) is 55.5 Å². The SMILES string of the molecule is COC(=O)CCCN(C)C(=O)c1cc([N+](=O)[O-])ccc1N1CCC(C)CC1. The van der Waals surface area contributed by atoms with Crippen LogP contribution in [0.25, 0.3) is 0 Å². The number of non-ortho nitro benzene ring substituents is 1. The quantitative estimate of drug-likeness (QED) is 0.412. The highest BCUT2D eigenvalue weighted by atomic mass is 16.6. The van der Waals surface area contributed by atoms with Crippen LogP contribution in [0.15, 0.2) is 18.2 Å². The summed E-state index contributed by atoms with van der Waals surface area (Å²) in [4.78, 5) is 38.5. The van der Waals surface area contributed by atoms with Crippen molar-refractivity contribution in [1.29, 1.82) is 0 Å². The first-order valence-corrected chi connectivity index (χ1v) is 9.19. The number of carbonyl (C=O) groups excluding carboxylic acids is 2. The molecule has 0 N–H and O–H groups in total. The molecule has 0 spiro atoms. The number of nitro benzene ring substituents is 1. The van der Waals surface area contributed by atoms with Gasteiger partial charge in [-0.25, -0.2) is 0 Å². The summed E-state index contributed by atoms with van der Waals surface area (Å²) in [5.41, 5.74) is 0.965. The van der Waals surface area contributed by atoms with Gasteiger partial charge in [-0.05, 0) is 31.2 Å². The molecule has 2 rings (SSSR count). The number of rotatable bonds is 7. The third-order valence-electron chi connectivity index (χ3n) is 4.99. The average molecular weight is 377 g/mol. The lowest BCUT2D eigenvalue weighted by Gasteiger charge is -2.33. The highest BCUT2D eigenvalue weighted by Gasteiger charge is 2.25. The number of nitro groups is 1. The summed E-state index contributed by atoms with van der Waals surface area (Å²) in [6.07, 6.45) is 2.75. The van der Waals surface area contributed by atoms with Crippen molar-refractivity contribution in [3.63, 3.8) is 0 Å². The normalized spacial score (nSPS) is 14.7. The Bertz CT molecular complexity index is 699. The van der Waals surface area contributed by atoms with Crippen molar-refractivity contribution >= 4 is 23.3 Å². The minimum Gasteiger partial charge on any atom is -0.469 e. The van der Waals surface area contributed by atoms with Crippen molar-refractivity contribution < 1.29 is 19.2 Å². The van der Waals surface area contributed by atoms with E-state index in [-0.39, 0.29) is 24.0 Å². The fraction of sp³-hybridized carbons (Fsp3) is 0.579. The third kappa shape index (κ3) is 5.42. The Balaban J connectivity index is 2.20. The highest BCUT2D eigenvalue weighted by Crippen LogP contribution is 2.30. The summed E-state index contributed by atoms with van der Waals surface area (Å²) in [5.74, 6) is 0.0333. The highest BCUT2D eigenvalue weighted by molar-refractivity contribution is 6.00. The van der Waals surface area contributed by atoms with Gasteiger partial charge in [0.05, 0.1) is 23.3 Å². The first-order chi connectivity index (χ1) is 12.8. The average Bonchev–Trinajstić information content (AvgIpc) is 2.67. The Kier molecular flexibility index (Phi) is 7.15. The number of carbonyl (C=O) groups is 2. The minimum absolute atomic E-state index is 0.101. The predicted molar refractivity (Wildman–Crippen MR) is 102 cm³/mol. The number of ether oxygens (including phenoxy) is 1. The molecule has 1 saturated heterocycles. The Morgan fingerprint density at radius 3 is 2.59 bits per heavy atom. The van der Waals surface area contributed by atoms with Crippen molar-refractivity contribution in [1.82, 2.24) is 4.90 Å². The van der Waals surface area contributed by atoms with E-state index in [9.17, 15) is 19.7 Å². The molecule has 1 aliphatic heterocycles. The number of amides is 1. The molecule has 0 radical (unpaired) electrons. The Labute approximate surface area is 159 Å². The van der Waals surface area contributed by atoms with Gasteiger partial charge in [-0.3, -0.25) is 19.7 Å². The van der Waals surface area contributed by atoms with Gasteiger partial charge in [-0.2, -0.15) is 0 Å². The molecule has 0 bridgehead atoms. The van der Waals surface area contributed by atoms with E-state index in [1.807, 2.05) is 0 Å². The summed E-state index contributed by atoms with van der Waals surface area (Å²) in [7, 11) is 2.96. The van der Waals surface area contributed by atoms with Gasteiger partial charge in [0.15, 0.2) is 0 Å². The van der Waals surface area contributed by atoms with Crippen LogP contribution in [-0.2, 0) is 9.53 Å². The van der Waals surface area contributed by atoms with E-state index in [0.717, 1.165) is 31.6 Å². The minimum atomic E-state index is -0.490. The fourth-order valence-corrected chi connectivity index (χ4v) is 3.20. The van der Waals surface area contributed by atoms with E-state index in [4.69, 9.17) is 0 Å². The van der Waals surface area contributed by atoms with Crippen LogP contribution in [0.3, 0.4) is 0 Å². The van der Waals surface area contributed by atoms with Crippen LogP contribution in [0.5, 0.6) is 0 Å². The van der Waals surface area contributed by atoms with E-state index in [1.165, 1.54) is 24.1 Å². The number of piperidine rings is 1. The Morgan fingerprint density at radius 1 is 1.33 bits per heavy atom. The second-order valence-corrected chi connectivity index (χ2v) is 7.03. The lowest BCUT2D eigenvalue weighted by Crippen LogP contribution is -2.35. The maximum absolute atomic E-state index is 13.0. The van der Waals surface area contributed by atoms with Crippen molar-refractivity contribution in [3.05, 3.63) is 33.9 Å². The molecular weight excluding hydrogens is 350 g/mol. The van der Waals surface area contributed by atoms with Crippen LogP contribution in [0.1, 0.15) is 43.0 Å². The number of esters is 1. The van der Waals surface area contributed by atoms with Gasteiger partial charge in [-0.15, -0.1) is 0 Å². The Morgan fingerprint density at radius 2 is 2.00 bits per heavy atom. The van der Waals surface area contributed by atoms with Gasteiger partial charge < -0.3 is 14.5 Å². The van der Waals surface area contributed by atoms with E-state index in [1.54, 1.807) is 13.1 Å². The molecular formula is C19H27N3O5. The zero-order valence-electron chi connectivity index (χ0n) is 16.1. The maximum Gasteiger partial charge on any atom is 0.305 e. The van der Waals surface area contributed by atoms with Gasteiger partial charge >= 0.3 is 5.97 Å². The molecule has 1 aliphatic rings. The molecule has 0 unspecified atom stereocenters. The molecule has 1 heterocycles. The van der Waals surface area contributed by atoms with Crippen molar-refractivity contribution in [2.75, 3.05) is 38.7 Å². The summed E-state index contributed by atoms with van der Waals surface area (Å²) in [6.45, 7) is 4.22. The van der Waals surface area contributed by atoms with Crippen LogP contribution in [0.4, 0.5) is 11.4 Å². The zero-order chi connectivity index (χ0) is 20.0. The first kappa shape index (κ1) is 20.7. The molecule has 1 fully saturated rings. The Hall–Kier alpha value is -2.64. The predicted octanol–water partition coefficient (Wildman–Crippen LogP) is 2.86. The lowest BCUT2D eigenvalue weighted by atomic mass is 9.97. The lowest BCUT2D eigenvalue weighted by molar-refractivity contribution is -0.384. The molecule has 8 nitrogen and oxygen atoms in total. The molecule has 8 heteroatoms. The van der Waals surface area contributed by atoms with Crippen LogP contribution in [0.2, 0.25) is 0 Å². The molecule has 1 aromatic carbocycles. The largest absolute Gasteiger partial charge is 0.469 e. The van der Waals surface area contributed by atoms with Crippen LogP contribution >= 0.6 is 0 Å². The van der Waals surface area contributed by atoms with Crippen molar-refractivity contribution in [3.8, 4) is 0 Å². The molecule has 0 aromatic heterocycles. The zero-order valence-corrected chi connectivity index (χ0v) is 16.1. The van der Waals surface area contributed by atoms with Crippen molar-refractivity contribution in [2.45, 2.75) is 32.6 Å². The summed E-state index contributed by atoms with van der Waals surface area (Å²) < 4.78 is 4.60. The van der Waals surface area contributed by atoms with E-state index in [2.05, 4.69) is 16.6 Å². The number of nitrogens with zero attached hydrogens (tertiary/aromatic N) is 3. The number of methoxy groups -OCH3 is 1. The van der Waals surface area contributed by atoms with E-state index in [0.29, 0.717) is 24.4 Å². The first-order valence-electron chi connectivity index (χ1n) is 9.19. The molecule has 1 amide bonds. The maximum atomic E-state index is 13.0. The second-order valence-electron chi connectivity index (χ2n) is 7.03. The van der Waals surface area contributed by atoms with E-state index >= 15 is 0 Å². The van der Waals surface area contributed by atoms with Crippen LogP contribution < -0.4 is 4.90 Å². The number of anilines is 1. The van der Waals surface area contributed by atoms with Gasteiger partial charge in [-0.1, -0.05) is 6.92 Å². The molecule has 0 saturated carbocycles. The monoisotopic (exact) mass is 377 g/mol. The molecule has 0 aliphatic carbocycles. The molecule has 148 valence electrons. The van der Waals surface area contributed by atoms with Gasteiger partial charge in [0.25, 0.3) is 11.6 Å². The number of benzene rings is 1. The topological polar surface area (TPSA) is 93.0 Å².